The highest BCUT2D eigenvalue weighted by Crippen LogP contribution is 2.34. The summed E-state index contributed by atoms with van der Waals surface area (Å²) in [6.07, 6.45) is -7.00. The number of aryl methyl sites for hydroxylation is 3. The lowest BCUT2D eigenvalue weighted by atomic mass is 9.97. The van der Waals surface area contributed by atoms with Gasteiger partial charge in [-0.1, -0.05) is 12.1 Å². The Balaban J connectivity index is 3.21. The maximum absolute atomic E-state index is 12.3. The van der Waals surface area contributed by atoms with E-state index >= 15 is 0 Å². The van der Waals surface area contributed by atoms with Crippen molar-refractivity contribution in [3.05, 3.63) is 34.4 Å². The first-order chi connectivity index (χ1) is 6.73. The molecule has 0 saturated carbocycles. The molecule has 84 valence electrons. The molecule has 0 aliphatic carbocycles. The van der Waals surface area contributed by atoms with Crippen LogP contribution >= 0.6 is 0 Å². The molecule has 1 aromatic rings. The number of aliphatic hydroxyl groups is 1. The predicted molar refractivity (Wildman–Crippen MR) is 51.7 cm³/mol. The Hall–Kier alpha value is -1.03. The number of aliphatic hydroxyl groups excluding tert-OH is 1. The van der Waals surface area contributed by atoms with Gasteiger partial charge in [0, 0.05) is 0 Å². The zero-order chi connectivity index (χ0) is 11.8. The fourth-order valence-electron chi connectivity index (χ4n) is 1.45. The molecule has 0 fully saturated rings. The van der Waals surface area contributed by atoms with E-state index in [4.69, 9.17) is 5.11 Å². The van der Waals surface area contributed by atoms with Crippen LogP contribution in [0.25, 0.3) is 0 Å². The Kier molecular flexibility index (Phi) is 3.09. The van der Waals surface area contributed by atoms with E-state index in [2.05, 4.69) is 0 Å². The van der Waals surface area contributed by atoms with E-state index in [9.17, 15) is 13.2 Å². The van der Waals surface area contributed by atoms with E-state index in [1.807, 2.05) is 6.92 Å². The molecule has 1 atom stereocenters. The molecule has 4 heteroatoms. The molecule has 1 nitrogen and oxygen atoms in total. The van der Waals surface area contributed by atoms with Crippen LogP contribution in [0.5, 0.6) is 0 Å². The zero-order valence-corrected chi connectivity index (χ0v) is 8.81. The van der Waals surface area contributed by atoms with Crippen molar-refractivity contribution in [3.63, 3.8) is 0 Å². The van der Waals surface area contributed by atoms with Crippen molar-refractivity contribution in [2.45, 2.75) is 33.1 Å². The second-order valence-electron chi connectivity index (χ2n) is 3.74. The fraction of sp³-hybridized carbons (Fsp3) is 0.455. The molecule has 0 saturated heterocycles. The normalized spacial score (nSPS) is 14.1. The first kappa shape index (κ1) is 12.0. The molecule has 15 heavy (non-hydrogen) atoms. The number of hydrogen-bond donors (Lipinski definition) is 1. The van der Waals surface area contributed by atoms with Gasteiger partial charge in [0.05, 0.1) is 0 Å². The quantitative estimate of drug-likeness (QED) is 0.767. The SMILES string of the molecule is Cc1cc(C)c([C@@H](O)C(F)(F)F)cc1C. The molecule has 0 spiro atoms. The zero-order valence-electron chi connectivity index (χ0n) is 8.81. The molecular weight excluding hydrogens is 205 g/mol. The number of benzene rings is 1. The van der Waals surface area contributed by atoms with Crippen LogP contribution in [0.1, 0.15) is 28.4 Å². The highest BCUT2D eigenvalue weighted by Gasteiger charge is 2.40. The Morgan fingerprint density at radius 1 is 1.00 bits per heavy atom. The van der Waals surface area contributed by atoms with E-state index in [0.29, 0.717) is 5.56 Å². The van der Waals surface area contributed by atoms with E-state index in [0.717, 1.165) is 11.1 Å². The maximum atomic E-state index is 12.3. The van der Waals surface area contributed by atoms with Crippen molar-refractivity contribution in [1.82, 2.24) is 0 Å². The van der Waals surface area contributed by atoms with Crippen LogP contribution in [0.2, 0.25) is 0 Å². The van der Waals surface area contributed by atoms with Crippen molar-refractivity contribution in [3.8, 4) is 0 Å². The third kappa shape index (κ3) is 2.50. The number of halogens is 3. The van der Waals surface area contributed by atoms with Crippen molar-refractivity contribution < 1.29 is 18.3 Å². The van der Waals surface area contributed by atoms with Gasteiger partial charge in [-0.15, -0.1) is 0 Å². The van der Waals surface area contributed by atoms with Gasteiger partial charge in [0.1, 0.15) is 0 Å². The molecule has 0 aliphatic heterocycles. The largest absolute Gasteiger partial charge is 0.418 e. The van der Waals surface area contributed by atoms with E-state index < -0.39 is 12.3 Å². The van der Waals surface area contributed by atoms with Crippen molar-refractivity contribution in [1.29, 1.82) is 0 Å². The second kappa shape index (κ2) is 3.85. The van der Waals surface area contributed by atoms with Crippen molar-refractivity contribution >= 4 is 0 Å². The van der Waals surface area contributed by atoms with Gasteiger partial charge >= 0.3 is 6.18 Å². The number of alkyl halides is 3. The summed E-state index contributed by atoms with van der Waals surface area (Å²) in [6, 6.07) is 3.04. The average Bonchev–Trinajstić information content (AvgIpc) is 2.08. The fourth-order valence-corrected chi connectivity index (χ4v) is 1.45. The first-order valence-corrected chi connectivity index (χ1v) is 4.56. The van der Waals surface area contributed by atoms with Crippen LogP contribution in [0.15, 0.2) is 12.1 Å². The first-order valence-electron chi connectivity index (χ1n) is 4.56. The van der Waals surface area contributed by atoms with Gasteiger partial charge in [-0.25, -0.2) is 0 Å². The van der Waals surface area contributed by atoms with Gasteiger partial charge in [-0.2, -0.15) is 13.2 Å². The lowest BCUT2D eigenvalue weighted by Gasteiger charge is -2.18. The highest BCUT2D eigenvalue weighted by atomic mass is 19.4. The van der Waals surface area contributed by atoms with E-state index in [1.165, 1.54) is 6.07 Å². The summed E-state index contributed by atoms with van der Waals surface area (Å²) >= 11 is 0. The molecule has 1 N–H and O–H groups in total. The second-order valence-corrected chi connectivity index (χ2v) is 3.74. The van der Waals surface area contributed by atoms with Crippen LogP contribution < -0.4 is 0 Å². The molecular formula is C11H13F3O. The Morgan fingerprint density at radius 3 is 1.93 bits per heavy atom. The lowest BCUT2D eigenvalue weighted by molar-refractivity contribution is -0.207. The molecule has 1 rings (SSSR count). The number of hydrogen-bond acceptors (Lipinski definition) is 1. The van der Waals surface area contributed by atoms with Gasteiger partial charge in [-0.3, -0.25) is 0 Å². The molecule has 0 amide bonds. The molecule has 1 aromatic carbocycles. The minimum atomic E-state index is -4.60. The molecule has 0 aromatic heterocycles. The van der Waals surface area contributed by atoms with Gasteiger partial charge in [-0.05, 0) is 43.0 Å². The molecule has 0 bridgehead atoms. The van der Waals surface area contributed by atoms with Crippen LogP contribution in [0, 0.1) is 20.8 Å². The third-order valence-electron chi connectivity index (χ3n) is 2.49. The smallest absolute Gasteiger partial charge is 0.379 e. The van der Waals surface area contributed by atoms with Crippen LogP contribution in [0.3, 0.4) is 0 Å². The van der Waals surface area contributed by atoms with Gasteiger partial charge in [0.15, 0.2) is 6.10 Å². The minimum absolute atomic E-state index is 0.0643. The van der Waals surface area contributed by atoms with Gasteiger partial charge in [0.25, 0.3) is 0 Å². The summed E-state index contributed by atoms with van der Waals surface area (Å²) < 4.78 is 36.9. The van der Waals surface area contributed by atoms with E-state index in [-0.39, 0.29) is 5.56 Å². The number of rotatable bonds is 1. The molecule has 0 aliphatic rings. The maximum Gasteiger partial charge on any atom is 0.418 e. The lowest BCUT2D eigenvalue weighted by Crippen LogP contribution is -2.21. The van der Waals surface area contributed by atoms with Gasteiger partial charge in [0.2, 0.25) is 0 Å². The Morgan fingerprint density at radius 2 is 1.47 bits per heavy atom. The predicted octanol–water partition coefficient (Wildman–Crippen LogP) is 3.21. The van der Waals surface area contributed by atoms with Crippen LogP contribution in [-0.2, 0) is 0 Å². The summed E-state index contributed by atoms with van der Waals surface area (Å²) in [6.45, 7) is 5.12. The monoisotopic (exact) mass is 218 g/mol. The third-order valence-corrected chi connectivity index (χ3v) is 2.49. The van der Waals surface area contributed by atoms with E-state index in [1.54, 1.807) is 19.9 Å². The molecule has 0 heterocycles. The van der Waals surface area contributed by atoms with Crippen molar-refractivity contribution in [2.24, 2.45) is 0 Å². The Bertz CT molecular complexity index is 369. The summed E-state index contributed by atoms with van der Waals surface area (Å²) in [5, 5.41) is 9.13. The Labute approximate surface area is 86.5 Å². The van der Waals surface area contributed by atoms with Crippen LogP contribution in [0.4, 0.5) is 13.2 Å². The van der Waals surface area contributed by atoms with Gasteiger partial charge < -0.3 is 5.11 Å². The summed E-state index contributed by atoms with van der Waals surface area (Å²) in [7, 11) is 0. The molecule has 0 unspecified atom stereocenters. The van der Waals surface area contributed by atoms with Crippen LogP contribution in [-0.4, -0.2) is 11.3 Å². The minimum Gasteiger partial charge on any atom is -0.379 e. The molecule has 0 radical (unpaired) electrons. The summed E-state index contributed by atoms with van der Waals surface area (Å²) in [5.41, 5.74) is 2.07. The topological polar surface area (TPSA) is 20.2 Å². The van der Waals surface area contributed by atoms with Crippen molar-refractivity contribution in [2.75, 3.05) is 0 Å². The summed E-state index contributed by atoms with van der Waals surface area (Å²) in [5.74, 6) is 0. The summed E-state index contributed by atoms with van der Waals surface area (Å²) in [4.78, 5) is 0. The standard InChI is InChI=1S/C11H13F3O/c1-6-4-8(3)9(5-7(6)2)10(15)11(12,13)14/h4-5,10,15H,1-3H3/t10-/m1/s1. The highest BCUT2D eigenvalue weighted by molar-refractivity contribution is 5.38. The average molecular weight is 218 g/mol.